The molecule has 11 heteroatoms. The maximum Gasteiger partial charge on any atom is 0.305 e. The number of aromatic nitrogens is 4. The molecule has 1 aliphatic heterocycles. The highest BCUT2D eigenvalue weighted by molar-refractivity contribution is 7.89. The van der Waals surface area contributed by atoms with E-state index in [9.17, 15) is 13.2 Å². The van der Waals surface area contributed by atoms with Gasteiger partial charge in [0, 0.05) is 26.6 Å². The van der Waals surface area contributed by atoms with Crippen LogP contribution >= 0.6 is 0 Å². The molecule has 2 heterocycles. The van der Waals surface area contributed by atoms with Crippen LogP contribution in [0.3, 0.4) is 0 Å². The second kappa shape index (κ2) is 8.11. The summed E-state index contributed by atoms with van der Waals surface area (Å²) < 4.78 is 39.0. The minimum atomic E-state index is -3.67. The molecule has 1 aromatic carbocycles. The third kappa shape index (κ3) is 4.31. The number of nitrogens with zero attached hydrogens (tertiary/aromatic N) is 5. The van der Waals surface area contributed by atoms with Crippen molar-refractivity contribution in [3.8, 4) is 0 Å². The Balaban J connectivity index is 1.71. The Bertz CT molecular complexity index is 896. The van der Waals surface area contributed by atoms with Gasteiger partial charge in [-0.25, -0.2) is 13.1 Å². The number of ether oxygens (including phenoxy) is 2. The number of morpholine rings is 1. The minimum absolute atomic E-state index is 0.140. The van der Waals surface area contributed by atoms with Crippen LogP contribution < -0.4 is 0 Å². The Kier molecular flexibility index (Phi) is 5.82. The molecule has 10 nitrogen and oxygen atoms in total. The fourth-order valence-electron chi connectivity index (χ4n) is 2.83. The van der Waals surface area contributed by atoms with Crippen molar-refractivity contribution in [2.75, 3.05) is 26.8 Å². The van der Waals surface area contributed by atoms with Gasteiger partial charge < -0.3 is 9.47 Å². The lowest BCUT2D eigenvalue weighted by atomic mass is 10.1. The summed E-state index contributed by atoms with van der Waals surface area (Å²) in [6.45, 7) is 0.656. The second-order valence-electron chi connectivity index (χ2n) is 6.10. The van der Waals surface area contributed by atoms with Crippen LogP contribution in [-0.2, 0) is 37.8 Å². The van der Waals surface area contributed by atoms with Gasteiger partial charge in [0.1, 0.15) is 6.10 Å². The van der Waals surface area contributed by atoms with E-state index in [1.165, 1.54) is 16.1 Å². The number of sulfonamides is 1. The van der Waals surface area contributed by atoms with Gasteiger partial charge >= 0.3 is 5.97 Å². The van der Waals surface area contributed by atoms with Crippen molar-refractivity contribution >= 4 is 16.0 Å². The lowest BCUT2D eigenvalue weighted by Gasteiger charge is -2.31. The molecule has 0 amide bonds. The molecule has 0 spiro atoms. The van der Waals surface area contributed by atoms with E-state index in [0.29, 0.717) is 12.2 Å². The third-order valence-electron chi connectivity index (χ3n) is 4.38. The van der Waals surface area contributed by atoms with Crippen LogP contribution in [0.25, 0.3) is 0 Å². The summed E-state index contributed by atoms with van der Waals surface area (Å²) in [6, 6.07) is 6.52. The summed E-state index contributed by atoms with van der Waals surface area (Å²) in [7, 11) is -0.650. The van der Waals surface area contributed by atoms with Gasteiger partial charge in [0.2, 0.25) is 10.0 Å². The summed E-state index contributed by atoms with van der Waals surface area (Å²) in [4.78, 5) is 11.4. The zero-order valence-electron chi connectivity index (χ0n) is 15.1. The molecule has 0 radical (unpaired) electrons. The van der Waals surface area contributed by atoms with Crippen molar-refractivity contribution < 1.29 is 22.7 Å². The van der Waals surface area contributed by atoms with E-state index in [-0.39, 0.29) is 37.0 Å². The number of hydrogen-bond acceptors (Lipinski definition) is 8. The second-order valence-corrected chi connectivity index (χ2v) is 8.04. The maximum atomic E-state index is 12.9. The first-order valence-electron chi connectivity index (χ1n) is 8.41. The summed E-state index contributed by atoms with van der Waals surface area (Å²) in [6.07, 6.45) is 0.221. The van der Waals surface area contributed by atoms with E-state index in [1.54, 1.807) is 31.3 Å². The molecule has 0 aliphatic carbocycles. The Morgan fingerprint density at radius 2 is 2.07 bits per heavy atom. The zero-order valence-corrected chi connectivity index (χ0v) is 15.9. The molecule has 1 fully saturated rings. The van der Waals surface area contributed by atoms with Gasteiger partial charge in [-0.3, -0.25) is 4.79 Å². The quantitative estimate of drug-likeness (QED) is 0.631. The van der Waals surface area contributed by atoms with Crippen LogP contribution in [0.2, 0.25) is 0 Å². The predicted molar refractivity (Wildman–Crippen MR) is 93.0 cm³/mol. The van der Waals surface area contributed by atoms with Crippen molar-refractivity contribution in [3.05, 3.63) is 35.7 Å². The van der Waals surface area contributed by atoms with Crippen LogP contribution in [0.15, 0.2) is 29.2 Å². The lowest BCUT2D eigenvalue weighted by molar-refractivity contribution is -0.140. The Labute approximate surface area is 157 Å². The molecule has 2 aromatic rings. The van der Waals surface area contributed by atoms with E-state index in [4.69, 9.17) is 4.74 Å². The molecule has 1 atom stereocenters. The van der Waals surface area contributed by atoms with Gasteiger partial charge in [0.25, 0.3) is 0 Å². The largest absolute Gasteiger partial charge is 0.469 e. The Morgan fingerprint density at radius 1 is 1.33 bits per heavy atom. The standard InChI is InChI=1S/C16H21N5O5S/c1-20-16(17-18-19-20)14-11-21(9-10-26-14)27(23,24)13-6-3-12(4-7-13)5-8-15(22)25-2/h3-4,6-7,14H,5,8-11H2,1-2H3. The van der Waals surface area contributed by atoms with E-state index < -0.39 is 16.1 Å². The molecule has 1 aliphatic rings. The molecular weight excluding hydrogens is 374 g/mol. The lowest BCUT2D eigenvalue weighted by Crippen LogP contribution is -2.42. The van der Waals surface area contributed by atoms with Crippen LogP contribution in [0.5, 0.6) is 0 Å². The fourth-order valence-corrected chi connectivity index (χ4v) is 4.26. The van der Waals surface area contributed by atoms with Crippen molar-refractivity contribution in [2.45, 2.75) is 23.8 Å². The molecule has 1 unspecified atom stereocenters. The van der Waals surface area contributed by atoms with Crippen LogP contribution in [0.4, 0.5) is 0 Å². The molecule has 0 saturated carbocycles. The van der Waals surface area contributed by atoms with E-state index in [0.717, 1.165) is 5.56 Å². The van der Waals surface area contributed by atoms with Crippen LogP contribution in [0.1, 0.15) is 23.9 Å². The molecule has 27 heavy (non-hydrogen) atoms. The monoisotopic (exact) mass is 395 g/mol. The van der Waals surface area contributed by atoms with Crippen LogP contribution in [0, 0.1) is 0 Å². The molecule has 1 aromatic heterocycles. The smallest absolute Gasteiger partial charge is 0.305 e. The highest BCUT2D eigenvalue weighted by Gasteiger charge is 2.33. The minimum Gasteiger partial charge on any atom is -0.469 e. The normalized spacial score (nSPS) is 18.4. The van der Waals surface area contributed by atoms with Gasteiger partial charge in [-0.15, -0.1) is 5.10 Å². The number of carbonyl (C=O) groups is 1. The molecule has 1 saturated heterocycles. The topological polar surface area (TPSA) is 117 Å². The number of benzene rings is 1. The zero-order chi connectivity index (χ0) is 19.4. The average molecular weight is 395 g/mol. The molecule has 146 valence electrons. The molecule has 0 bridgehead atoms. The number of rotatable bonds is 6. The number of esters is 1. The van der Waals surface area contributed by atoms with Crippen LogP contribution in [-0.4, -0.2) is 65.7 Å². The first-order chi connectivity index (χ1) is 12.9. The van der Waals surface area contributed by atoms with Crippen molar-refractivity contribution in [1.82, 2.24) is 24.5 Å². The van der Waals surface area contributed by atoms with E-state index in [2.05, 4.69) is 20.3 Å². The number of methoxy groups -OCH3 is 1. The van der Waals surface area contributed by atoms with Gasteiger partial charge in [-0.1, -0.05) is 12.1 Å². The summed E-state index contributed by atoms with van der Waals surface area (Å²) in [5.74, 6) is 0.178. The summed E-state index contributed by atoms with van der Waals surface area (Å²) >= 11 is 0. The molecular formula is C16H21N5O5S. The molecule has 0 N–H and O–H groups in total. The van der Waals surface area contributed by atoms with Gasteiger partial charge in [0.15, 0.2) is 5.82 Å². The number of carbonyl (C=O) groups excluding carboxylic acids is 1. The Morgan fingerprint density at radius 3 is 2.70 bits per heavy atom. The van der Waals surface area contributed by atoms with Gasteiger partial charge in [-0.05, 0) is 34.5 Å². The first kappa shape index (κ1) is 19.4. The third-order valence-corrected chi connectivity index (χ3v) is 6.26. The number of tetrazole rings is 1. The highest BCUT2D eigenvalue weighted by atomic mass is 32.2. The Hall–Kier alpha value is -2.37. The van der Waals surface area contributed by atoms with Gasteiger partial charge in [0.05, 0.1) is 18.6 Å². The van der Waals surface area contributed by atoms with Gasteiger partial charge in [-0.2, -0.15) is 4.31 Å². The number of aryl methyl sites for hydroxylation is 2. The SMILES string of the molecule is COC(=O)CCc1ccc(S(=O)(=O)N2CCOC(c3nnnn3C)C2)cc1. The van der Waals surface area contributed by atoms with Crippen molar-refractivity contribution in [2.24, 2.45) is 7.05 Å². The predicted octanol–water partition coefficient (Wildman–Crippen LogP) is 0.0779. The van der Waals surface area contributed by atoms with Crippen molar-refractivity contribution in [1.29, 1.82) is 0 Å². The first-order valence-corrected chi connectivity index (χ1v) is 9.85. The maximum absolute atomic E-state index is 12.9. The number of hydrogen-bond donors (Lipinski definition) is 0. The fraction of sp³-hybridized carbons (Fsp3) is 0.500. The van der Waals surface area contributed by atoms with E-state index >= 15 is 0 Å². The molecule has 3 rings (SSSR count). The summed E-state index contributed by atoms with van der Waals surface area (Å²) in [5, 5.41) is 11.2. The summed E-state index contributed by atoms with van der Waals surface area (Å²) in [5.41, 5.74) is 0.865. The highest BCUT2D eigenvalue weighted by Crippen LogP contribution is 2.25. The van der Waals surface area contributed by atoms with Crippen molar-refractivity contribution in [3.63, 3.8) is 0 Å². The average Bonchev–Trinajstić information content (AvgIpc) is 3.12. The van der Waals surface area contributed by atoms with E-state index in [1.807, 2.05) is 0 Å².